The van der Waals surface area contributed by atoms with Gasteiger partial charge in [0, 0.05) is 11.8 Å². The first-order chi connectivity index (χ1) is 9.83. The van der Waals surface area contributed by atoms with E-state index >= 15 is 0 Å². The van der Waals surface area contributed by atoms with E-state index in [-0.39, 0.29) is 22.1 Å². The molecule has 0 fully saturated rings. The Morgan fingerprint density at radius 3 is 2.43 bits per heavy atom. The van der Waals surface area contributed by atoms with E-state index < -0.39 is 21.7 Å². The minimum atomic E-state index is -3.81. The van der Waals surface area contributed by atoms with Crippen LogP contribution in [0.4, 0.5) is 14.5 Å². The molecule has 0 saturated carbocycles. The van der Waals surface area contributed by atoms with E-state index in [1.807, 2.05) is 0 Å². The molecule has 0 aliphatic heterocycles. The highest BCUT2D eigenvalue weighted by Gasteiger charge is 2.19. The number of anilines is 1. The zero-order chi connectivity index (χ0) is 15.6. The van der Waals surface area contributed by atoms with Crippen molar-refractivity contribution in [2.24, 2.45) is 0 Å². The SMILES string of the molecule is CNS(=O)(=O)c1cc(N)ccc1Oc1ccc(F)c(F)c1. The van der Waals surface area contributed by atoms with Crippen LogP contribution in [0.25, 0.3) is 0 Å². The molecule has 5 nitrogen and oxygen atoms in total. The van der Waals surface area contributed by atoms with Gasteiger partial charge in [-0.05, 0) is 37.4 Å². The molecule has 21 heavy (non-hydrogen) atoms. The van der Waals surface area contributed by atoms with Crippen molar-refractivity contribution < 1.29 is 21.9 Å². The predicted octanol–water partition coefficient (Wildman–Crippen LogP) is 2.25. The van der Waals surface area contributed by atoms with Gasteiger partial charge in [0.1, 0.15) is 16.4 Å². The monoisotopic (exact) mass is 314 g/mol. The maximum atomic E-state index is 13.1. The predicted molar refractivity (Wildman–Crippen MR) is 73.5 cm³/mol. The molecule has 0 heterocycles. The highest BCUT2D eigenvalue weighted by atomic mass is 32.2. The summed E-state index contributed by atoms with van der Waals surface area (Å²) in [4.78, 5) is -0.199. The van der Waals surface area contributed by atoms with Gasteiger partial charge in [0.05, 0.1) is 0 Å². The lowest BCUT2D eigenvalue weighted by Crippen LogP contribution is -2.19. The van der Waals surface area contributed by atoms with Crippen molar-refractivity contribution in [1.29, 1.82) is 0 Å². The van der Waals surface area contributed by atoms with E-state index in [0.717, 1.165) is 12.1 Å². The second kappa shape index (κ2) is 5.66. The summed E-state index contributed by atoms with van der Waals surface area (Å²) in [6.45, 7) is 0. The number of nitrogens with two attached hydrogens (primary N) is 1. The van der Waals surface area contributed by atoms with Crippen LogP contribution in [0.3, 0.4) is 0 Å². The third-order valence-electron chi connectivity index (χ3n) is 2.64. The minimum Gasteiger partial charge on any atom is -0.456 e. The molecule has 0 bridgehead atoms. The average Bonchev–Trinajstić information content (AvgIpc) is 2.44. The van der Waals surface area contributed by atoms with Crippen molar-refractivity contribution in [2.75, 3.05) is 12.8 Å². The van der Waals surface area contributed by atoms with Crippen LogP contribution in [0.15, 0.2) is 41.3 Å². The number of nitrogen functional groups attached to an aromatic ring is 1. The fourth-order valence-electron chi connectivity index (χ4n) is 1.60. The lowest BCUT2D eigenvalue weighted by molar-refractivity contribution is 0.451. The van der Waals surface area contributed by atoms with Gasteiger partial charge >= 0.3 is 0 Å². The number of rotatable bonds is 4. The number of benzene rings is 2. The van der Waals surface area contributed by atoms with Gasteiger partial charge in [0.2, 0.25) is 10.0 Å². The largest absolute Gasteiger partial charge is 0.456 e. The maximum absolute atomic E-state index is 13.1. The van der Waals surface area contributed by atoms with E-state index in [2.05, 4.69) is 4.72 Å². The Bertz CT molecular complexity index is 779. The highest BCUT2D eigenvalue weighted by Crippen LogP contribution is 2.30. The van der Waals surface area contributed by atoms with Crippen LogP contribution >= 0.6 is 0 Å². The first kappa shape index (κ1) is 15.2. The van der Waals surface area contributed by atoms with Crippen LogP contribution in [-0.2, 0) is 10.0 Å². The Balaban J connectivity index is 2.47. The van der Waals surface area contributed by atoms with Crippen LogP contribution in [0, 0.1) is 11.6 Å². The maximum Gasteiger partial charge on any atom is 0.244 e. The molecule has 3 N–H and O–H groups in total. The number of halogens is 2. The van der Waals surface area contributed by atoms with Gasteiger partial charge < -0.3 is 10.5 Å². The molecule has 0 aliphatic rings. The third kappa shape index (κ3) is 3.29. The molecule has 0 aliphatic carbocycles. The van der Waals surface area contributed by atoms with Gasteiger partial charge in [0.15, 0.2) is 11.6 Å². The average molecular weight is 314 g/mol. The second-order valence-corrected chi connectivity index (χ2v) is 5.95. The summed E-state index contributed by atoms with van der Waals surface area (Å²) in [5.41, 5.74) is 5.78. The van der Waals surface area contributed by atoms with Gasteiger partial charge in [-0.1, -0.05) is 0 Å². The fraction of sp³-hybridized carbons (Fsp3) is 0.0769. The Hall–Kier alpha value is -2.19. The highest BCUT2D eigenvalue weighted by molar-refractivity contribution is 7.89. The zero-order valence-corrected chi connectivity index (χ0v) is 11.7. The number of ether oxygens (including phenoxy) is 1. The fourth-order valence-corrected chi connectivity index (χ4v) is 2.48. The summed E-state index contributed by atoms with van der Waals surface area (Å²) in [6.07, 6.45) is 0. The van der Waals surface area contributed by atoms with E-state index in [0.29, 0.717) is 0 Å². The summed E-state index contributed by atoms with van der Waals surface area (Å²) in [6, 6.07) is 6.87. The molecule has 0 saturated heterocycles. The first-order valence-electron chi connectivity index (χ1n) is 5.79. The standard InChI is InChI=1S/C13H12F2N2O3S/c1-17-21(18,19)13-6-8(16)2-5-12(13)20-9-3-4-10(14)11(15)7-9/h2-7,17H,16H2,1H3. The number of sulfonamides is 1. The van der Waals surface area contributed by atoms with Gasteiger partial charge in [-0.15, -0.1) is 0 Å². The Morgan fingerprint density at radius 1 is 1.10 bits per heavy atom. The summed E-state index contributed by atoms with van der Waals surface area (Å²) in [7, 11) is -2.58. The lowest BCUT2D eigenvalue weighted by Gasteiger charge is -2.12. The molecule has 112 valence electrons. The van der Waals surface area contributed by atoms with E-state index in [9.17, 15) is 17.2 Å². The molecule has 8 heteroatoms. The molecule has 0 radical (unpaired) electrons. The van der Waals surface area contributed by atoms with E-state index in [1.54, 1.807) is 0 Å². The number of nitrogens with one attached hydrogen (secondary N) is 1. The van der Waals surface area contributed by atoms with Gasteiger partial charge in [-0.2, -0.15) is 0 Å². The smallest absolute Gasteiger partial charge is 0.244 e. The lowest BCUT2D eigenvalue weighted by atomic mass is 10.3. The number of hydrogen-bond acceptors (Lipinski definition) is 4. The molecular formula is C13H12F2N2O3S. The summed E-state index contributed by atoms with van der Waals surface area (Å²) >= 11 is 0. The van der Waals surface area contributed by atoms with Crippen LogP contribution in [-0.4, -0.2) is 15.5 Å². The van der Waals surface area contributed by atoms with E-state index in [1.165, 1.54) is 31.3 Å². The minimum absolute atomic E-state index is 0.0359. The van der Waals surface area contributed by atoms with Crippen molar-refractivity contribution >= 4 is 15.7 Å². The van der Waals surface area contributed by atoms with Crippen molar-refractivity contribution in [1.82, 2.24) is 4.72 Å². The van der Waals surface area contributed by atoms with Crippen LogP contribution < -0.4 is 15.2 Å². The molecule has 0 amide bonds. The van der Waals surface area contributed by atoms with Gasteiger partial charge in [-0.3, -0.25) is 0 Å². The molecule has 0 spiro atoms. The summed E-state index contributed by atoms with van der Waals surface area (Å²) in [5.74, 6) is -2.21. The summed E-state index contributed by atoms with van der Waals surface area (Å²) < 4.78 is 57.3. The number of hydrogen-bond donors (Lipinski definition) is 2. The second-order valence-electron chi connectivity index (χ2n) is 4.09. The van der Waals surface area contributed by atoms with Crippen LogP contribution in [0.2, 0.25) is 0 Å². The van der Waals surface area contributed by atoms with E-state index in [4.69, 9.17) is 10.5 Å². The normalized spacial score (nSPS) is 11.4. The van der Waals surface area contributed by atoms with Gasteiger partial charge in [-0.25, -0.2) is 21.9 Å². The molecule has 0 atom stereocenters. The van der Waals surface area contributed by atoms with Crippen molar-refractivity contribution in [3.8, 4) is 11.5 Å². The molecular weight excluding hydrogens is 302 g/mol. The Kier molecular flexibility index (Phi) is 4.10. The Morgan fingerprint density at radius 2 is 1.81 bits per heavy atom. The van der Waals surface area contributed by atoms with Crippen molar-refractivity contribution in [3.05, 3.63) is 48.0 Å². The first-order valence-corrected chi connectivity index (χ1v) is 7.28. The van der Waals surface area contributed by atoms with Crippen molar-refractivity contribution in [2.45, 2.75) is 4.90 Å². The molecule has 2 aromatic carbocycles. The van der Waals surface area contributed by atoms with Crippen LogP contribution in [0.1, 0.15) is 0 Å². The zero-order valence-electron chi connectivity index (χ0n) is 10.9. The summed E-state index contributed by atoms with van der Waals surface area (Å²) in [5, 5.41) is 0. The van der Waals surface area contributed by atoms with Gasteiger partial charge in [0.25, 0.3) is 0 Å². The van der Waals surface area contributed by atoms with Crippen molar-refractivity contribution in [3.63, 3.8) is 0 Å². The third-order valence-corrected chi connectivity index (χ3v) is 4.08. The molecule has 2 aromatic rings. The van der Waals surface area contributed by atoms with Crippen LogP contribution in [0.5, 0.6) is 11.5 Å². The topological polar surface area (TPSA) is 81.4 Å². The quantitative estimate of drug-likeness (QED) is 0.848. The Labute approximate surface area is 120 Å². The molecule has 0 unspecified atom stereocenters. The molecule has 2 rings (SSSR count). The molecule has 0 aromatic heterocycles.